The maximum absolute atomic E-state index is 12.7. The second kappa shape index (κ2) is 8.39. The fourth-order valence-corrected chi connectivity index (χ4v) is 1.89. The van der Waals surface area contributed by atoms with Crippen LogP contribution in [0.1, 0.15) is 17.5 Å². The van der Waals surface area contributed by atoms with Crippen LogP contribution in [0.3, 0.4) is 0 Å². The van der Waals surface area contributed by atoms with Gasteiger partial charge in [-0.1, -0.05) is 0 Å². The number of hydrogen-bond donors (Lipinski definition) is 2. The first-order valence-corrected chi connectivity index (χ1v) is 7.34. The molecule has 0 atom stereocenters. The Kier molecular flexibility index (Phi) is 7.01. The lowest BCUT2D eigenvalue weighted by atomic mass is 10.1. The van der Waals surface area contributed by atoms with Gasteiger partial charge in [0.05, 0.1) is 11.1 Å². The Morgan fingerprint density at radius 1 is 0.923 bits per heavy atom. The molecular weight excluding hydrogens is 368 g/mol. The summed E-state index contributed by atoms with van der Waals surface area (Å²) in [6.07, 6.45) is -9.59. The Hall–Kier alpha value is -2.30. The van der Waals surface area contributed by atoms with Crippen LogP contribution in [0.5, 0.6) is 0 Å². The molecule has 0 aromatic heterocycles. The monoisotopic (exact) mass is 385 g/mol. The van der Waals surface area contributed by atoms with Gasteiger partial charge in [-0.25, -0.2) is 0 Å². The topological polar surface area (TPSA) is 61.4 Å². The lowest BCUT2D eigenvalue weighted by molar-refractivity contribution is -0.143. The van der Waals surface area contributed by atoms with Gasteiger partial charge in [0.1, 0.15) is 0 Å². The van der Waals surface area contributed by atoms with Crippen molar-refractivity contribution in [2.45, 2.75) is 18.8 Å². The van der Waals surface area contributed by atoms with Gasteiger partial charge in [-0.15, -0.1) is 0 Å². The van der Waals surface area contributed by atoms with Crippen LogP contribution in [0.4, 0.5) is 32.0 Å². The normalized spacial score (nSPS) is 12.2. The van der Waals surface area contributed by atoms with Crippen LogP contribution in [0, 0.1) is 0 Å². The van der Waals surface area contributed by atoms with Crippen molar-refractivity contribution in [2.24, 2.45) is 0 Å². The number of nitrogens with zero attached hydrogens (tertiary/aromatic N) is 1. The second-order valence-electron chi connectivity index (χ2n) is 5.66. The molecule has 0 aliphatic rings. The third-order valence-corrected chi connectivity index (χ3v) is 3.12. The molecule has 1 aromatic carbocycles. The molecule has 0 aliphatic carbocycles. The van der Waals surface area contributed by atoms with E-state index in [1.807, 2.05) is 4.90 Å². The van der Waals surface area contributed by atoms with E-state index < -0.39 is 41.0 Å². The number of alkyl halides is 6. The Morgan fingerprint density at radius 3 is 1.85 bits per heavy atom. The van der Waals surface area contributed by atoms with Crippen LogP contribution in [-0.4, -0.2) is 43.9 Å². The summed E-state index contributed by atoms with van der Waals surface area (Å²) in [6.45, 7) is 0.741. The van der Waals surface area contributed by atoms with Gasteiger partial charge in [-0.2, -0.15) is 26.3 Å². The molecule has 26 heavy (non-hydrogen) atoms. The predicted octanol–water partition coefficient (Wildman–Crippen LogP) is 2.73. The standard InChI is InChI=1S/C15H17F6N3O2/c1-24(2)5-3-4-22-12(25)13(26)23-11-7-9(14(16,17)18)6-10(8-11)15(19,20)21/h6-8H,3-5H2,1-2H3,(H,22,25)(H,23,26). The molecule has 0 radical (unpaired) electrons. The molecule has 0 unspecified atom stereocenters. The first kappa shape index (κ1) is 21.7. The Bertz CT molecular complexity index is 624. The molecule has 11 heteroatoms. The zero-order valence-corrected chi connectivity index (χ0v) is 13.9. The zero-order chi connectivity index (χ0) is 20.1. The summed E-state index contributed by atoms with van der Waals surface area (Å²) in [6, 6.07) is 0.579. The van der Waals surface area contributed by atoms with Crippen LogP contribution < -0.4 is 10.6 Å². The highest BCUT2D eigenvalue weighted by molar-refractivity contribution is 6.39. The number of amides is 2. The van der Waals surface area contributed by atoms with E-state index in [0.29, 0.717) is 25.1 Å². The smallest absolute Gasteiger partial charge is 0.348 e. The van der Waals surface area contributed by atoms with Gasteiger partial charge >= 0.3 is 24.2 Å². The van der Waals surface area contributed by atoms with Crippen LogP contribution in [0.2, 0.25) is 0 Å². The first-order valence-electron chi connectivity index (χ1n) is 7.34. The Morgan fingerprint density at radius 2 is 1.42 bits per heavy atom. The van der Waals surface area contributed by atoms with E-state index in [-0.39, 0.29) is 12.6 Å². The molecule has 146 valence electrons. The fraction of sp³-hybridized carbons (Fsp3) is 0.467. The summed E-state index contributed by atoms with van der Waals surface area (Å²) in [5, 5.41) is 3.98. The van der Waals surface area contributed by atoms with Gasteiger partial charge in [-0.3, -0.25) is 9.59 Å². The summed E-state index contributed by atoms with van der Waals surface area (Å²) in [7, 11) is 3.58. The van der Waals surface area contributed by atoms with E-state index in [0.717, 1.165) is 0 Å². The molecule has 0 aliphatic heterocycles. The van der Waals surface area contributed by atoms with E-state index in [1.165, 1.54) is 0 Å². The third-order valence-electron chi connectivity index (χ3n) is 3.12. The molecule has 1 aromatic rings. The van der Waals surface area contributed by atoms with Gasteiger partial charge in [0.25, 0.3) is 0 Å². The molecular formula is C15H17F6N3O2. The van der Waals surface area contributed by atoms with E-state index in [9.17, 15) is 35.9 Å². The second-order valence-corrected chi connectivity index (χ2v) is 5.66. The number of carbonyl (C=O) groups excluding carboxylic acids is 2. The van der Waals surface area contributed by atoms with Gasteiger partial charge in [0.15, 0.2) is 0 Å². The van der Waals surface area contributed by atoms with E-state index in [4.69, 9.17) is 0 Å². The van der Waals surface area contributed by atoms with Gasteiger partial charge in [-0.05, 0) is 45.3 Å². The molecule has 0 bridgehead atoms. The summed E-state index contributed by atoms with van der Waals surface area (Å²) >= 11 is 0. The van der Waals surface area contributed by atoms with E-state index in [2.05, 4.69) is 5.32 Å². The predicted molar refractivity (Wildman–Crippen MR) is 81.3 cm³/mol. The number of halogens is 6. The minimum absolute atomic E-state index is 0.0724. The van der Waals surface area contributed by atoms with Crippen molar-refractivity contribution >= 4 is 17.5 Å². The fourth-order valence-electron chi connectivity index (χ4n) is 1.89. The average molecular weight is 385 g/mol. The van der Waals surface area contributed by atoms with Crippen LogP contribution in [-0.2, 0) is 21.9 Å². The number of hydrogen-bond acceptors (Lipinski definition) is 3. The zero-order valence-electron chi connectivity index (χ0n) is 13.9. The average Bonchev–Trinajstić information content (AvgIpc) is 2.49. The minimum Gasteiger partial charge on any atom is -0.348 e. The molecule has 5 nitrogen and oxygen atoms in total. The third kappa shape index (κ3) is 6.90. The lowest BCUT2D eigenvalue weighted by Crippen LogP contribution is -2.36. The molecule has 0 heterocycles. The summed E-state index contributed by atoms with van der Waals surface area (Å²) in [5.41, 5.74) is -3.95. The van der Waals surface area contributed by atoms with Crippen molar-refractivity contribution < 1.29 is 35.9 Å². The SMILES string of the molecule is CN(C)CCCNC(=O)C(=O)Nc1cc(C(F)(F)F)cc(C(F)(F)F)c1. The highest BCUT2D eigenvalue weighted by Gasteiger charge is 2.37. The Labute approximate surface area is 145 Å². The Balaban J connectivity index is 2.88. The van der Waals surface area contributed by atoms with Crippen molar-refractivity contribution in [1.29, 1.82) is 0 Å². The van der Waals surface area contributed by atoms with Crippen molar-refractivity contribution in [2.75, 3.05) is 32.5 Å². The summed E-state index contributed by atoms with van der Waals surface area (Å²) in [5.74, 6) is -2.52. The number of anilines is 1. The molecule has 0 spiro atoms. The largest absolute Gasteiger partial charge is 0.416 e. The van der Waals surface area contributed by atoms with Crippen LogP contribution >= 0.6 is 0 Å². The van der Waals surface area contributed by atoms with Gasteiger partial charge in [0, 0.05) is 12.2 Å². The van der Waals surface area contributed by atoms with Crippen molar-refractivity contribution in [3.05, 3.63) is 29.3 Å². The first-order chi connectivity index (χ1) is 11.8. The molecule has 0 saturated carbocycles. The van der Waals surface area contributed by atoms with E-state index in [1.54, 1.807) is 19.4 Å². The molecule has 2 N–H and O–H groups in total. The summed E-state index contributed by atoms with van der Waals surface area (Å²) in [4.78, 5) is 25.1. The molecule has 0 saturated heterocycles. The molecule has 1 rings (SSSR count). The van der Waals surface area contributed by atoms with Crippen molar-refractivity contribution in [3.63, 3.8) is 0 Å². The van der Waals surface area contributed by atoms with Gasteiger partial charge in [0.2, 0.25) is 0 Å². The van der Waals surface area contributed by atoms with Crippen LogP contribution in [0.15, 0.2) is 18.2 Å². The summed E-state index contributed by atoms with van der Waals surface area (Å²) < 4.78 is 76.4. The van der Waals surface area contributed by atoms with Gasteiger partial charge < -0.3 is 15.5 Å². The molecule has 0 fully saturated rings. The maximum atomic E-state index is 12.7. The number of carbonyl (C=O) groups is 2. The minimum atomic E-state index is -5.05. The number of nitrogens with one attached hydrogen (secondary N) is 2. The van der Waals surface area contributed by atoms with Crippen molar-refractivity contribution in [1.82, 2.24) is 10.2 Å². The van der Waals surface area contributed by atoms with Crippen LogP contribution in [0.25, 0.3) is 0 Å². The lowest BCUT2D eigenvalue weighted by Gasteiger charge is -2.15. The number of rotatable bonds is 5. The number of benzene rings is 1. The highest BCUT2D eigenvalue weighted by atomic mass is 19.4. The van der Waals surface area contributed by atoms with Crippen molar-refractivity contribution in [3.8, 4) is 0 Å². The maximum Gasteiger partial charge on any atom is 0.416 e. The van der Waals surface area contributed by atoms with E-state index >= 15 is 0 Å². The highest BCUT2D eigenvalue weighted by Crippen LogP contribution is 2.37. The molecule has 2 amide bonds. The quantitative estimate of drug-likeness (QED) is 0.466.